The molecule has 35 heavy (non-hydrogen) atoms. The molecule has 1 atom stereocenters. The molecule has 0 aliphatic carbocycles. The summed E-state index contributed by atoms with van der Waals surface area (Å²) in [6.07, 6.45) is 2.38. The molecule has 192 valence electrons. The molecule has 2 rings (SSSR count). The molecule has 0 heterocycles. The van der Waals surface area contributed by atoms with Crippen LogP contribution in [0.3, 0.4) is 0 Å². The molecule has 0 spiro atoms. The summed E-state index contributed by atoms with van der Waals surface area (Å²) in [5.41, 5.74) is 7.98. The van der Waals surface area contributed by atoms with Crippen LogP contribution in [-0.2, 0) is 41.8 Å². The SMILES string of the molecule is CS(=O)(=O)OCCN(C(=O)OCc1ccccc1)C(N)CCCCCC(=O)OCc1ccccc1. The first kappa shape index (κ1) is 28.3. The second-order valence-corrected chi connectivity index (χ2v) is 9.72. The van der Waals surface area contributed by atoms with Crippen LogP contribution in [0.25, 0.3) is 0 Å². The number of esters is 1. The van der Waals surface area contributed by atoms with Gasteiger partial charge in [-0.3, -0.25) is 13.9 Å². The monoisotopic (exact) mass is 506 g/mol. The van der Waals surface area contributed by atoms with Gasteiger partial charge in [0.05, 0.1) is 25.6 Å². The highest BCUT2D eigenvalue weighted by Crippen LogP contribution is 2.12. The smallest absolute Gasteiger partial charge is 0.411 e. The van der Waals surface area contributed by atoms with Gasteiger partial charge in [0, 0.05) is 6.42 Å². The third-order valence-corrected chi connectivity index (χ3v) is 5.69. The van der Waals surface area contributed by atoms with E-state index >= 15 is 0 Å². The van der Waals surface area contributed by atoms with Gasteiger partial charge in [-0.1, -0.05) is 73.5 Å². The highest BCUT2D eigenvalue weighted by atomic mass is 32.2. The number of carbonyl (C=O) groups excluding carboxylic acids is 2. The quantitative estimate of drug-likeness (QED) is 0.168. The van der Waals surface area contributed by atoms with E-state index in [-0.39, 0.29) is 32.3 Å². The molecule has 1 unspecified atom stereocenters. The Morgan fingerprint density at radius 3 is 2.03 bits per heavy atom. The fourth-order valence-corrected chi connectivity index (χ4v) is 3.62. The third-order valence-electron chi connectivity index (χ3n) is 5.09. The van der Waals surface area contributed by atoms with Crippen molar-refractivity contribution in [3.05, 3.63) is 71.8 Å². The van der Waals surface area contributed by atoms with E-state index in [1.807, 2.05) is 60.7 Å². The van der Waals surface area contributed by atoms with Crippen molar-refractivity contribution < 1.29 is 31.7 Å². The summed E-state index contributed by atoms with van der Waals surface area (Å²) in [7, 11) is -3.64. The van der Waals surface area contributed by atoms with Crippen molar-refractivity contribution in [3.63, 3.8) is 0 Å². The van der Waals surface area contributed by atoms with Crippen LogP contribution in [0.2, 0.25) is 0 Å². The Hall–Kier alpha value is -2.95. The van der Waals surface area contributed by atoms with Crippen molar-refractivity contribution in [2.24, 2.45) is 5.73 Å². The number of carbonyl (C=O) groups is 2. The largest absolute Gasteiger partial charge is 0.461 e. The van der Waals surface area contributed by atoms with Gasteiger partial charge in [-0.2, -0.15) is 8.42 Å². The number of hydrogen-bond acceptors (Lipinski definition) is 8. The Bertz CT molecular complexity index is 1000. The van der Waals surface area contributed by atoms with E-state index < -0.39 is 22.4 Å². The topological polar surface area (TPSA) is 125 Å². The lowest BCUT2D eigenvalue weighted by Gasteiger charge is -2.28. The van der Waals surface area contributed by atoms with Crippen LogP contribution in [0.15, 0.2) is 60.7 Å². The summed E-state index contributed by atoms with van der Waals surface area (Å²) in [6.45, 7) is 0.0645. The molecular weight excluding hydrogens is 472 g/mol. The van der Waals surface area contributed by atoms with Crippen molar-refractivity contribution in [2.75, 3.05) is 19.4 Å². The summed E-state index contributed by atoms with van der Waals surface area (Å²) in [6, 6.07) is 18.7. The van der Waals surface area contributed by atoms with E-state index in [1.54, 1.807) is 0 Å². The number of unbranched alkanes of at least 4 members (excludes halogenated alkanes) is 2. The highest BCUT2D eigenvalue weighted by molar-refractivity contribution is 7.85. The lowest BCUT2D eigenvalue weighted by Crippen LogP contribution is -2.47. The molecule has 0 fully saturated rings. The Labute approximate surface area is 207 Å². The van der Waals surface area contributed by atoms with E-state index in [1.165, 1.54) is 4.90 Å². The Morgan fingerprint density at radius 1 is 0.886 bits per heavy atom. The van der Waals surface area contributed by atoms with Gasteiger partial charge in [0.1, 0.15) is 13.2 Å². The van der Waals surface area contributed by atoms with E-state index in [0.717, 1.165) is 23.8 Å². The van der Waals surface area contributed by atoms with Crippen molar-refractivity contribution in [1.82, 2.24) is 4.90 Å². The molecule has 1 amide bonds. The third kappa shape index (κ3) is 12.4. The minimum Gasteiger partial charge on any atom is -0.461 e. The van der Waals surface area contributed by atoms with E-state index in [2.05, 4.69) is 0 Å². The molecule has 2 aromatic rings. The lowest BCUT2D eigenvalue weighted by molar-refractivity contribution is -0.145. The first-order chi connectivity index (χ1) is 16.7. The number of ether oxygens (including phenoxy) is 2. The molecule has 0 radical (unpaired) electrons. The molecule has 0 aliphatic heterocycles. The van der Waals surface area contributed by atoms with Gasteiger partial charge in [0.2, 0.25) is 0 Å². The molecule has 0 saturated heterocycles. The zero-order valence-electron chi connectivity index (χ0n) is 20.0. The summed E-state index contributed by atoms with van der Waals surface area (Å²) in [4.78, 5) is 25.8. The predicted octanol–water partition coefficient (Wildman–Crippen LogP) is 3.58. The Morgan fingerprint density at radius 2 is 1.46 bits per heavy atom. The Balaban J connectivity index is 1.74. The minimum atomic E-state index is -3.64. The van der Waals surface area contributed by atoms with Crippen LogP contribution in [0.1, 0.15) is 43.2 Å². The summed E-state index contributed by atoms with van der Waals surface area (Å²) < 4.78 is 37.9. The summed E-state index contributed by atoms with van der Waals surface area (Å²) in [5.74, 6) is -0.262. The molecule has 9 nitrogen and oxygen atoms in total. The summed E-state index contributed by atoms with van der Waals surface area (Å²) in [5, 5.41) is 0. The maximum Gasteiger partial charge on any atom is 0.411 e. The lowest BCUT2D eigenvalue weighted by atomic mass is 10.1. The van der Waals surface area contributed by atoms with Crippen LogP contribution in [0, 0.1) is 0 Å². The van der Waals surface area contributed by atoms with Crippen LogP contribution in [-0.4, -0.2) is 51.0 Å². The first-order valence-electron chi connectivity index (χ1n) is 11.5. The van der Waals surface area contributed by atoms with E-state index in [9.17, 15) is 18.0 Å². The predicted molar refractivity (Wildman–Crippen MR) is 131 cm³/mol. The Kier molecular flexibility index (Phi) is 12.2. The zero-order valence-corrected chi connectivity index (χ0v) is 20.8. The van der Waals surface area contributed by atoms with Crippen LogP contribution in [0.5, 0.6) is 0 Å². The molecule has 2 N–H and O–H groups in total. The average molecular weight is 507 g/mol. The molecule has 2 aromatic carbocycles. The van der Waals surface area contributed by atoms with E-state index in [4.69, 9.17) is 19.4 Å². The van der Waals surface area contributed by atoms with Crippen LogP contribution in [0.4, 0.5) is 4.79 Å². The van der Waals surface area contributed by atoms with Gasteiger partial charge in [-0.25, -0.2) is 4.79 Å². The molecular formula is C25H34N2O7S. The second-order valence-electron chi connectivity index (χ2n) is 8.07. The molecule has 0 aliphatic rings. The zero-order chi connectivity index (χ0) is 25.5. The van der Waals surface area contributed by atoms with Gasteiger partial charge >= 0.3 is 12.1 Å². The second kappa shape index (κ2) is 15.1. The number of benzene rings is 2. The minimum absolute atomic E-state index is 0.0341. The fourth-order valence-electron chi connectivity index (χ4n) is 3.25. The van der Waals surface area contributed by atoms with Crippen molar-refractivity contribution >= 4 is 22.2 Å². The molecule has 0 saturated carbocycles. The average Bonchev–Trinajstić information content (AvgIpc) is 2.84. The van der Waals surface area contributed by atoms with Gasteiger partial charge in [0.25, 0.3) is 10.1 Å². The highest BCUT2D eigenvalue weighted by Gasteiger charge is 2.22. The van der Waals surface area contributed by atoms with Gasteiger partial charge < -0.3 is 15.2 Å². The van der Waals surface area contributed by atoms with Crippen molar-refractivity contribution in [1.29, 1.82) is 0 Å². The van der Waals surface area contributed by atoms with E-state index in [0.29, 0.717) is 25.7 Å². The van der Waals surface area contributed by atoms with Gasteiger partial charge in [-0.05, 0) is 24.0 Å². The number of rotatable bonds is 15. The molecule has 0 aromatic heterocycles. The normalized spacial score (nSPS) is 12.1. The maximum absolute atomic E-state index is 12.6. The van der Waals surface area contributed by atoms with Crippen LogP contribution >= 0.6 is 0 Å². The van der Waals surface area contributed by atoms with Gasteiger partial charge in [-0.15, -0.1) is 0 Å². The fraction of sp³-hybridized carbons (Fsp3) is 0.440. The first-order valence-corrected chi connectivity index (χ1v) is 13.3. The van der Waals surface area contributed by atoms with Gasteiger partial charge in [0.15, 0.2) is 0 Å². The molecule has 10 heteroatoms. The van der Waals surface area contributed by atoms with Crippen molar-refractivity contribution in [2.45, 2.75) is 51.5 Å². The number of amides is 1. The number of hydrogen-bond donors (Lipinski definition) is 1. The summed E-state index contributed by atoms with van der Waals surface area (Å²) >= 11 is 0. The molecule has 0 bridgehead atoms. The number of nitrogens with two attached hydrogens (primary N) is 1. The number of nitrogens with zero attached hydrogens (tertiary/aromatic N) is 1. The maximum atomic E-state index is 12.6. The standard InChI is InChI=1S/C25H34N2O7S/c1-35(30,31)34-18-17-27(25(29)33-20-22-13-7-3-8-14-22)23(26)15-9-4-10-16-24(28)32-19-21-11-5-2-6-12-21/h2-3,5-8,11-14,23H,4,9-10,15-20,26H2,1H3. The van der Waals surface area contributed by atoms with Crippen LogP contribution < -0.4 is 5.73 Å². The van der Waals surface area contributed by atoms with Crippen molar-refractivity contribution in [3.8, 4) is 0 Å².